The summed E-state index contributed by atoms with van der Waals surface area (Å²) in [6, 6.07) is -0.781. The van der Waals surface area contributed by atoms with Crippen LogP contribution in [0.4, 0.5) is 11.4 Å². The molecule has 4 atom stereocenters. The quantitative estimate of drug-likeness (QED) is 0.203. The van der Waals surface area contributed by atoms with Crippen LogP contribution >= 0.6 is 0 Å². The number of nitro groups is 2. The van der Waals surface area contributed by atoms with E-state index >= 15 is 0 Å². The number of rotatable bonds is 4. The molecule has 4 rings (SSSR count). The summed E-state index contributed by atoms with van der Waals surface area (Å²) in [6.45, 7) is 0. The molecule has 1 amide bonds. The Kier molecular flexibility index (Phi) is 5.38. The number of nitrogens with zero attached hydrogens (tertiary/aromatic N) is 3. The highest BCUT2D eigenvalue weighted by Crippen LogP contribution is 2.54. The minimum Gasteiger partial charge on any atom is -0.508 e. The van der Waals surface area contributed by atoms with Gasteiger partial charge in [-0.25, -0.2) is 0 Å². The van der Waals surface area contributed by atoms with E-state index in [1.165, 1.54) is 19.0 Å². The molecule has 190 valence electrons. The van der Waals surface area contributed by atoms with Crippen LogP contribution in [0.5, 0.6) is 5.75 Å². The largest absolute Gasteiger partial charge is 0.508 e. The number of primary amides is 1. The van der Waals surface area contributed by atoms with Crippen molar-refractivity contribution in [2.24, 2.45) is 17.6 Å². The number of amides is 1. The molecule has 6 N–H and O–H groups in total. The maximum atomic E-state index is 13.6. The monoisotopic (exact) mass is 504 g/mol. The van der Waals surface area contributed by atoms with E-state index in [1.807, 2.05) is 0 Å². The predicted molar refractivity (Wildman–Crippen MR) is 118 cm³/mol. The summed E-state index contributed by atoms with van der Waals surface area (Å²) < 4.78 is 0. The molecular formula is C21H20N4O11. The first kappa shape index (κ1) is 24.7. The number of hydrogen-bond acceptors (Lipinski definition) is 12. The molecule has 1 saturated carbocycles. The van der Waals surface area contributed by atoms with Gasteiger partial charge in [-0.15, -0.1) is 0 Å². The lowest BCUT2D eigenvalue weighted by Gasteiger charge is -2.50. The van der Waals surface area contributed by atoms with Gasteiger partial charge in [0.2, 0.25) is 11.5 Å². The first-order chi connectivity index (χ1) is 16.7. The Balaban J connectivity index is 2.04. The summed E-state index contributed by atoms with van der Waals surface area (Å²) in [4.78, 5) is 60.9. The molecule has 0 spiro atoms. The third-order valence-corrected chi connectivity index (χ3v) is 7.07. The molecular weight excluding hydrogens is 484 g/mol. The fourth-order valence-corrected chi connectivity index (χ4v) is 5.58. The van der Waals surface area contributed by atoms with Crippen LogP contribution in [-0.2, 0) is 20.8 Å². The van der Waals surface area contributed by atoms with Gasteiger partial charge in [0.05, 0.1) is 27.5 Å². The van der Waals surface area contributed by atoms with E-state index < -0.39 is 96.2 Å². The number of fused-ring (bicyclic) bond motifs is 3. The van der Waals surface area contributed by atoms with Crippen molar-refractivity contribution in [3.05, 3.63) is 54.3 Å². The van der Waals surface area contributed by atoms with Crippen molar-refractivity contribution in [1.29, 1.82) is 0 Å². The molecule has 1 fully saturated rings. The Morgan fingerprint density at radius 1 is 1.14 bits per heavy atom. The second-order valence-corrected chi connectivity index (χ2v) is 9.09. The van der Waals surface area contributed by atoms with E-state index in [9.17, 15) is 55.0 Å². The zero-order valence-electron chi connectivity index (χ0n) is 18.8. The number of aliphatic hydroxyl groups is 3. The van der Waals surface area contributed by atoms with E-state index in [4.69, 9.17) is 5.73 Å². The molecule has 36 heavy (non-hydrogen) atoms. The van der Waals surface area contributed by atoms with Crippen molar-refractivity contribution in [2.75, 3.05) is 14.1 Å². The van der Waals surface area contributed by atoms with E-state index in [0.717, 1.165) is 0 Å². The van der Waals surface area contributed by atoms with E-state index in [0.29, 0.717) is 6.07 Å². The maximum Gasteiger partial charge on any atom is 0.318 e. The number of likely N-dealkylation sites (N-methyl/N-ethyl adjacent to an activating group) is 1. The number of nitrogens with two attached hydrogens (primary N) is 1. The highest BCUT2D eigenvalue weighted by molar-refractivity contribution is 6.24. The summed E-state index contributed by atoms with van der Waals surface area (Å²) in [7, 11) is 2.85. The van der Waals surface area contributed by atoms with Crippen molar-refractivity contribution >= 4 is 34.6 Å². The summed E-state index contributed by atoms with van der Waals surface area (Å²) in [5.41, 5.74) is -2.13. The van der Waals surface area contributed by atoms with Crippen LogP contribution in [0, 0.1) is 32.1 Å². The minimum atomic E-state index is -2.90. The van der Waals surface area contributed by atoms with Gasteiger partial charge in [0.15, 0.2) is 11.4 Å². The highest BCUT2D eigenvalue weighted by atomic mass is 16.6. The first-order valence-corrected chi connectivity index (χ1v) is 10.5. The molecule has 15 nitrogen and oxygen atoms in total. The van der Waals surface area contributed by atoms with Gasteiger partial charge < -0.3 is 26.2 Å². The van der Waals surface area contributed by atoms with Gasteiger partial charge in [0.25, 0.3) is 11.6 Å². The number of carbonyl (C=O) groups excluding carboxylic acids is 3. The topological polar surface area (TPSA) is 248 Å². The Labute approximate surface area is 201 Å². The van der Waals surface area contributed by atoms with Crippen LogP contribution in [0.3, 0.4) is 0 Å². The van der Waals surface area contributed by atoms with E-state index in [1.54, 1.807) is 0 Å². The van der Waals surface area contributed by atoms with Crippen molar-refractivity contribution in [3.63, 3.8) is 0 Å². The molecule has 3 aliphatic carbocycles. The average molecular weight is 504 g/mol. The normalized spacial score (nSPS) is 27.5. The summed E-state index contributed by atoms with van der Waals surface area (Å²) in [5, 5.41) is 66.7. The van der Waals surface area contributed by atoms with Gasteiger partial charge in [-0.1, -0.05) is 0 Å². The van der Waals surface area contributed by atoms with E-state index in [-0.39, 0.29) is 18.4 Å². The van der Waals surface area contributed by atoms with Gasteiger partial charge in [-0.2, -0.15) is 0 Å². The Bertz CT molecular complexity index is 1360. The zero-order chi connectivity index (χ0) is 27.0. The number of phenols is 1. The SMILES string of the molecule is CN(C)C1C(=O)C(C(N)=O)=C(O)C2(O)C(=O)C3=C(O)c4c(O)c([N+](=O)[O-])cc([N+](=O)[O-])c4CC3CC12. The molecule has 3 aliphatic rings. The summed E-state index contributed by atoms with van der Waals surface area (Å²) in [6.07, 6.45) is -0.642. The zero-order valence-corrected chi connectivity index (χ0v) is 18.8. The molecule has 0 heterocycles. The van der Waals surface area contributed by atoms with Crippen molar-refractivity contribution in [3.8, 4) is 5.75 Å². The molecule has 0 aliphatic heterocycles. The number of aliphatic hydroxyl groups excluding tert-OH is 2. The smallest absolute Gasteiger partial charge is 0.318 e. The second-order valence-electron chi connectivity index (χ2n) is 9.09. The molecule has 15 heteroatoms. The molecule has 1 aromatic carbocycles. The molecule has 0 aromatic heterocycles. The van der Waals surface area contributed by atoms with Gasteiger partial charge in [0, 0.05) is 17.1 Å². The highest BCUT2D eigenvalue weighted by Gasteiger charge is 2.64. The molecule has 0 radical (unpaired) electrons. The fourth-order valence-electron chi connectivity index (χ4n) is 5.58. The van der Waals surface area contributed by atoms with Crippen molar-refractivity contribution in [1.82, 2.24) is 4.90 Å². The Hall–Kier alpha value is -4.37. The fraction of sp³-hybridized carbons (Fsp3) is 0.381. The lowest BCUT2D eigenvalue weighted by atomic mass is 9.57. The van der Waals surface area contributed by atoms with Crippen LogP contribution in [0.1, 0.15) is 17.5 Å². The number of hydrogen-bond donors (Lipinski definition) is 5. The van der Waals surface area contributed by atoms with Crippen LogP contribution in [0.25, 0.3) is 5.76 Å². The van der Waals surface area contributed by atoms with Crippen molar-refractivity contribution in [2.45, 2.75) is 24.5 Å². The number of aromatic hydroxyl groups is 1. The second kappa shape index (κ2) is 7.82. The number of phenolic OH excluding ortho intramolecular Hbond substituents is 1. The summed E-state index contributed by atoms with van der Waals surface area (Å²) >= 11 is 0. The Morgan fingerprint density at radius 2 is 1.72 bits per heavy atom. The third-order valence-electron chi connectivity index (χ3n) is 7.07. The lowest BCUT2D eigenvalue weighted by molar-refractivity contribution is -0.395. The number of benzene rings is 1. The Morgan fingerprint density at radius 3 is 2.22 bits per heavy atom. The van der Waals surface area contributed by atoms with Crippen LogP contribution in [-0.4, -0.2) is 78.4 Å². The number of nitro benzene ring substituents is 2. The minimum absolute atomic E-state index is 0.277. The summed E-state index contributed by atoms with van der Waals surface area (Å²) in [5.74, 6) is -9.58. The number of Topliss-reactive ketones (excluding diaryl/α,β-unsaturated/α-hetero) is 2. The molecule has 4 unspecified atom stereocenters. The van der Waals surface area contributed by atoms with Gasteiger partial charge in [-0.05, 0) is 32.9 Å². The third kappa shape index (κ3) is 3.02. The van der Waals surface area contributed by atoms with Crippen LogP contribution < -0.4 is 5.73 Å². The number of ketones is 2. The number of carbonyl (C=O) groups is 3. The van der Waals surface area contributed by atoms with Gasteiger partial charge in [-0.3, -0.25) is 39.5 Å². The lowest BCUT2D eigenvalue weighted by Crippen LogP contribution is -2.65. The average Bonchev–Trinajstić information content (AvgIpc) is 2.75. The predicted octanol–water partition coefficient (Wildman–Crippen LogP) is -0.220. The van der Waals surface area contributed by atoms with Crippen LogP contribution in [0.15, 0.2) is 23.0 Å². The molecule has 1 aromatic rings. The standard InChI is InChI=1S/C21H20N4O11/c1-23(2)14-8-4-6-3-7-9(24(33)34)5-10(25(35)36)15(26)12(7)16(27)11(6)18(29)21(8,32)19(30)13(17(14)28)20(22)31/h5-6,8,14,26-27,30,32H,3-4H2,1-2H3,(H2,22,31). The van der Waals surface area contributed by atoms with Crippen molar-refractivity contribution < 1.29 is 44.7 Å². The molecule has 0 bridgehead atoms. The van der Waals surface area contributed by atoms with E-state index in [2.05, 4.69) is 0 Å². The maximum absolute atomic E-state index is 13.6. The first-order valence-electron chi connectivity index (χ1n) is 10.5. The van der Waals surface area contributed by atoms with Crippen LogP contribution in [0.2, 0.25) is 0 Å². The molecule has 0 saturated heterocycles. The van der Waals surface area contributed by atoms with Gasteiger partial charge in [0.1, 0.15) is 17.1 Å². The van der Waals surface area contributed by atoms with Gasteiger partial charge >= 0.3 is 5.69 Å².